The lowest BCUT2D eigenvalue weighted by molar-refractivity contribution is -0.117. The van der Waals surface area contributed by atoms with Gasteiger partial charge in [-0.1, -0.05) is 23.7 Å². The number of benzene rings is 2. The highest BCUT2D eigenvalue weighted by molar-refractivity contribution is 14.1. The van der Waals surface area contributed by atoms with Crippen LogP contribution in [0.1, 0.15) is 62.0 Å². The third-order valence-electron chi connectivity index (χ3n) is 7.70. The van der Waals surface area contributed by atoms with Crippen LogP contribution in [0.4, 0.5) is 0 Å². The molecule has 0 unspecified atom stereocenters. The van der Waals surface area contributed by atoms with Crippen molar-refractivity contribution in [2.45, 2.75) is 57.5 Å². The van der Waals surface area contributed by atoms with Gasteiger partial charge in [0.25, 0.3) is 0 Å². The molecule has 0 aromatic heterocycles. The molecule has 8 heteroatoms. The van der Waals surface area contributed by atoms with Crippen LogP contribution in [0.5, 0.6) is 11.5 Å². The highest BCUT2D eigenvalue weighted by Crippen LogP contribution is 2.50. The van der Waals surface area contributed by atoms with Crippen LogP contribution in [-0.2, 0) is 20.9 Å². The molecule has 39 heavy (non-hydrogen) atoms. The van der Waals surface area contributed by atoms with Crippen molar-refractivity contribution in [1.82, 2.24) is 4.90 Å². The average molecular weight is 662 g/mol. The van der Waals surface area contributed by atoms with Crippen LogP contribution >= 0.6 is 34.2 Å². The molecule has 1 heterocycles. The fourth-order valence-electron chi connectivity index (χ4n) is 5.97. The zero-order chi connectivity index (χ0) is 27.5. The molecule has 0 fully saturated rings. The number of ketones is 2. The number of nitrogens with zero attached hydrogens (tertiary/aromatic N) is 1. The highest BCUT2D eigenvalue weighted by Gasteiger charge is 2.43. The van der Waals surface area contributed by atoms with E-state index in [1.807, 2.05) is 36.4 Å². The molecule has 2 aliphatic carbocycles. The maximum atomic E-state index is 13.5. The Bertz CT molecular complexity index is 1290. The van der Waals surface area contributed by atoms with E-state index in [2.05, 4.69) is 27.5 Å². The van der Waals surface area contributed by atoms with Crippen molar-refractivity contribution in [1.29, 1.82) is 0 Å². The number of ether oxygens (including phenoxy) is 3. The molecule has 0 radical (unpaired) electrons. The standard InChI is InChI=1S/C31H33ClINO5/c1-37-15-5-14-34-23-6-3-8-25(35)29(23)28(30-24(34)7-4-9-26(30)36)20-16-22(33)31(27(17-20)38-2)39-18-19-10-12-21(32)13-11-19/h10-13,16-17,28H,3-9,14-15,18H2,1-2H3. The predicted octanol–water partition coefficient (Wildman–Crippen LogP) is 6.98. The summed E-state index contributed by atoms with van der Waals surface area (Å²) in [5, 5.41) is 0.678. The van der Waals surface area contributed by atoms with Crippen LogP contribution in [0, 0.1) is 3.57 Å². The van der Waals surface area contributed by atoms with Crippen molar-refractivity contribution in [2.24, 2.45) is 0 Å². The normalized spacial score (nSPS) is 17.9. The molecular formula is C31H33ClINO5. The molecule has 1 aliphatic heterocycles. The Morgan fingerprint density at radius 2 is 1.59 bits per heavy atom. The molecule has 0 bridgehead atoms. The molecule has 3 aliphatic rings. The number of carbonyl (C=O) groups is 2. The Morgan fingerprint density at radius 1 is 0.949 bits per heavy atom. The summed E-state index contributed by atoms with van der Waals surface area (Å²) in [4.78, 5) is 29.4. The predicted molar refractivity (Wildman–Crippen MR) is 159 cm³/mol. The quantitative estimate of drug-likeness (QED) is 0.214. The van der Waals surface area contributed by atoms with Crippen molar-refractivity contribution < 1.29 is 23.8 Å². The molecule has 0 N–H and O–H groups in total. The number of allylic oxidation sites excluding steroid dienone is 4. The summed E-state index contributed by atoms with van der Waals surface area (Å²) in [6.45, 7) is 1.75. The zero-order valence-corrected chi connectivity index (χ0v) is 25.3. The molecule has 6 nitrogen and oxygen atoms in total. The second-order valence-corrected chi connectivity index (χ2v) is 11.8. The second-order valence-electron chi connectivity index (χ2n) is 10.2. The second kappa shape index (κ2) is 12.4. The fraction of sp³-hybridized carbons (Fsp3) is 0.419. The lowest BCUT2D eigenvalue weighted by atomic mass is 9.71. The van der Waals surface area contributed by atoms with Gasteiger partial charge in [-0.05, 0) is 90.1 Å². The van der Waals surface area contributed by atoms with Gasteiger partial charge < -0.3 is 19.1 Å². The van der Waals surface area contributed by atoms with Crippen LogP contribution in [0.15, 0.2) is 58.9 Å². The lowest BCUT2D eigenvalue weighted by Gasteiger charge is -2.44. The smallest absolute Gasteiger partial charge is 0.174 e. The SMILES string of the molecule is COCCCN1C2=C(C(=O)CCC2)C(c2cc(I)c(OCc3ccc(Cl)cc3)c(OC)c2)C2=C1CCCC2=O. The summed E-state index contributed by atoms with van der Waals surface area (Å²) < 4.78 is 18.2. The Morgan fingerprint density at radius 3 is 2.18 bits per heavy atom. The van der Waals surface area contributed by atoms with Crippen LogP contribution < -0.4 is 9.47 Å². The lowest BCUT2D eigenvalue weighted by Crippen LogP contribution is -2.39. The Kier molecular flexibility index (Phi) is 8.99. The molecular weight excluding hydrogens is 629 g/mol. The summed E-state index contributed by atoms with van der Waals surface area (Å²) in [6.07, 6.45) is 5.20. The summed E-state index contributed by atoms with van der Waals surface area (Å²) in [6, 6.07) is 11.5. The van der Waals surface area contributed by atoms with E-state index in [9.17, 15) is 9.59 Å². The molecule has 2 aromatic rings. The first-order chi connectivity index (χ1) is 18.9. The zero-order valence-electron chi connectivity index (χ0n) is 22.4. The number of rotatable bonds is 9. The molecule has 0 atom stereocenters. The minimum Gasteiger partial charge on any atom is -0.493 e. The molecule has 0 saturated carbocycles. The summed E-state index contributed by atoms with van der Waals surface area (Å²) >= 11 is 8.28. The van der Waals surface area contributed by atoms with Gasteiger partial charge in [-0.25, -0.2) is 0 Å². The van der Waals surface area contributed by atoms with E-state index < -0.39 is 0 Å². The number of Topliss-reactive ketones (excluding diaryl/α,β-unsaturated/α-hetero) is 2. The van der Waals surface area contributed by atoms with Crippen molar-refractivity contribution in [3.8, 4) is 11.5 Å². The van der Waals surface area contributed by atoms with E-state index in [0.29, 0.717) is 42.6 Å². The van der Waals surface area contributed by atoms with E-state index in [4.69, 9.17) is 25.8 Å². The van der Waals surface area contributed by atoms with Gasteiger partial charge in [0.05, 0.1) is 10.7 Å². The van der Waals surface area contributed by atoms with Crippen LogP contribution in [0.25, 0.3) is 0 Å². The largest absolute Gasteiger partial charge is 0.493 e. The average Bonchev–Trinajstić information content (AvgIpc) is 2.93. The van der Waals surface area contributed by atoms with Crippen LogP contribution in [0.2, 0.25) is 5.02 Å². The van der Waals surface area contributed by atoms with Gasteiger partial charge in [0.15, 0.2) is 23.1 Å². The van der Waals surface area contributed by atoms with Gasteiger partial charge in [-0.3, -0.25) is 9.59 Å². The summed E-state index contributed by atoms with van der Waals surface area (Å²) in [7, 11) is 3.32. The van der Waals surface area contributed by atoms with Gasteiger partial charge >= 0.3 is 0 Å². The fourth-order valence-corrected chi connectivity index (χ4v) is 6.88. The van der Waals surface area contributed by atoms with E-state index in [-0.39, 0.29) is 17.5 Å². The van der Waals surface area contributed by atoms with Crippen LogP contribution in [-0.4, -0.2) is 43.8 Å². The first-order valence-corrected chi connectivity index (χ1v) is 14.9. The molecule has 0 spiro atoms. The van der Waals surface area contributed by atoms with Gasteiger partial charge in [-0.15, -0.1) is 0 Å². The number of halogens is 2. The highest BCUT2D eigenvalue weighted by atomic mass is 127. The van der Waals surface area contributed by atoms with Gasteiger partial charge in [0.2, 0.25) is 0 Å². The molecule has 206 valence electrons. The Hall–Kier alpha value is -2.36. The van der Waals surface area contributed by atoms with Crippen molar-refractivity contribution >= 4 is 45.8 Å². The van der Waals surface area contributed by atoms with Crippen LogP contribution in [0.3, 0.4) is 0 Å². The van der Waals surface area contributed by atoms with Crippen molar-refractivity contribution in [3.63, 3.8) is 0 Å². The molecule has 0 amide bonds. The maximum Gasteiger partial charge on any atom is 0.174 e. The van der Waals surface area contributed by atoms with Crippen molar-refractivity contribution in [2.75, 3.05) is 27.4 Å². The molecule has 2 aromatic carbocycles. The Balaban J connectivity index is 1.57. The molecule has 5 rings (SSSR count). The number of methoxy groups -OCH3 is 2. The first-order valence-electron chi connectivity index (χ1n) is 13.5. The first kappa shape index (κ1) is 28.2. The maximum absolute atomic E-state index is 13.5. The van der Waals surface area contributed by atoms with E-state index in [0.717, 1.165) is 75.9 Å². The summed E-state index contributed by atoms with van der Waals surface area (Å²) in [5.41, 5.74) is 5.61. The number of carbonyl (C=O) groups excluding carboxylic acids is 2. The van der Waals surface area contributed by atoms with E-state index >= 15 is 0 Å². The minimum atomic E-state index is -0.387. The Labute approximate surface area is 248 Å². The van der Waals surface area contributed by atoms with Gasteiger partial charge in [-0.2, -0.15) is 0 Å². The summed E-state index contributed by atoms with van der Waals surface area (Å²) in [5.74, 6) is 1.12. The minimum absolute atomic E-state index is 0.139. The van der Waals surface area contributed by atoms with E-state index in [1.165, 1.54) is 0 Å². The van der Waals surface area contributed by atoms with Gasteiger partial charge in [0, 0.05) is 66.6 Å². The number of hydrogen-bond acceptors (Lipinski definition) is 6. The van der Waals surface area contributed by atoms with E-state index in [1.54, 1.807) is 14.2 Å². The van der Waals surface area contributed by atoms with Crippen molar-refractivity contribution in [3.05, 3.63) is 78.7 Å². The monoisotopic (exact) mass is 661 g/mol. The third kappa shape index (κ3) is 5.77. The molecule has 0 saturated heterocycles. The topological polar surface area (TPSA) is 65.1 Å². The van der Waals surface area contributed by atoms with Gasteiger partial charge in [0.1, 0.15) is 6.61 Å². The third-order valence-corrected chi connectivity index (χ3v) is 8.75. The number of hydrogen-bond donors (Lipinski definition) is 0.